The Morgan fingerprint density at radius 2 is 1.60 bits per heavy atom. The van der Waals surface area contributed by atoms with Crippen LogP contribution in [0.15, 0.2) is 54.6 Å². The maximum Gasteiger partial charge on any atom is 0.318 e. The Morgan fingerprint density at radius 1 is 0.875 bits per heavy atom. The van der Waals surface area contributed by atoms with E-state index < -0.39 is 0 Å². The molecule has 1 unspecified atom stereocenters. The van der Waals surface area contributed by atoms with Gasteiger partial charge in [-0.05, 0) is 95.0 Å². The van der Waals surface area contributed by atoms with Gasteiger partial charge in [-0.2, -0.15) is 0 Å². The summed E-state index contributed by atoms with van der Waals surface area (Å²) >= 11 is 0. The largest absolute Gasteiger partial charge is 0.330 e. The summed E-state index contributed by atoms with van der Waals surface area (Å²) in [7, 11) is 3.99. The van der Waals surface area contributed by atoms with Crippen LogP contribution in [0.25, 0.3) is 0 Å². The maximum atomic E-state index is 13.9. The van der Waals surface area contributed by atoms with Gasteiger partial charge >= 0.3 is 6.03 Å². The number of carbonyl (C=O) groups excluding carboxylic acids is 2. The van der Waals surface area contributed by atoms with Crippen LogP contribution in [0.5, 0.6) is 0 Å². The number of rotatable bonds is 6. The standard InChI is InChI=1S/C33H42BN4O2/c1-22-17-23(2)19-28(18-22)32(39)38-16-15-37(14-13-31(38)30-10-8-9-25(4)27(30)6)33(40)35-21-36(7)34-29-12-11-24(3)26(5)20-29/h8-12,17-20,31H,13-16,21H2,1-7H3,(H,35,40). The molecule has 1 saturated heterocycles. The molecule has 6 nitrogen and oxygen atoms in total. The predicted molar refractivity (Wildman–Crippen MR) is 164 cm³/mol. The molecule has 40 heavy (non-hydrogen) atoms. The summed E-state index contributed by atoms with van der Waals surface area (Å²) in [6.45, 7) is 14.4. The average Bonchev–Trinajstić information content (AvgIpc) is 3.13. The number of carbonyl (C=O) groups is 2. The Labute approximate surface area is 240 Å². The first-order valence-electron chi connectivity index (χ1n) is 14.1. The SMILES string of the molecule is Cc1cc(C)cc(C(=O)N2CCN(C(=O)NCN(C)[B]c3ccc(C)c(C)c3)CCC2c2cccc(C)c2C)c1. The molecule has 7 heteroatoms. The molecule has 1 aliphatic heterocycles. The molecule has 1 aliphatic rings. The number of amides is 3. The molecule has 0 spiro atoms. The Kier molecular flexibility index (Phi) is 9.36. The smallest absolute Gasteiger partial charge is 0.318 e. The van der Waals surface area contributed by atoms with Crippen LogP contribution < -0.4 is 10.8 Å². The van der Waals surface area contributed by atoms with Gasteiger partial charge in [-0.25, -0.2) is 4.79 Å². The van der Waals surface area contributed by atoms with Crippen molar-refractivity contribution in [3.63, 3.8) is 0 Å². The molecule has 1 atom stereocenters. The lowest BCUT2D eigenvalue weighted by molar-refractivity contribution is 0.0685. The van der Waals surface area contributed by atoms with E-state index in [1.54, 1.807) is 0 Å². The lowest BCUT2D eigenvalue weighted by Gasteiger charge is -2.31. The van der Waals surface area contributed by atoms with Gasteiger partial charge < -0.3 is 19.9 Å². The highest BCUT2D eigenvalue weighted by atomic mass is 16.2. The lowest BCUT2D eigenvalue weighted by atomic mass is 9.80. The van der Waals surface area contributed by atoms with Crippen molar-refractivity contribution < 1.29 is 9.59 Å². The highest BCUT2D eigenvalue weighted by Crippen LogP contribution is 2.32. The van der Waals surface area contributed by atoms with E-state index >= 15 is 0 Å². The number of nitrogens with one attached hydrogen (secondary N) is 1. The Balaban J connectivity index is 1.49. The molecule has 3 amide bonds. The van der Waals surface area contributed by atoms with Gasteiger partial charge in [0.15, 0.2) is 0 Å². The second kappa shape index (κ2) is 12.7. The zero-order valence-electron chi connectivity index (χ0n) is 25.0. The molecule has 3 aromatic carbocycles. The van der Waals surface area contributed by atoms with E-state index in [4.69, 9.17) is 0 Å². The van der Waals surface area contributed by atoms with Crippen LogP contribution in [0.1, 0.15) is 61.8 Å². The molecule has 1 radical (unpaired) electrons. The molecule has 0 aliphatic carbocycles. The van der Waals surface area contributed by atoms with Crippen LogP contribution >= 0.6 is 0 Å². The second-order valence-corrected chi connectivity index (χ2v) is 11.3. The Hall–Kier alpha value is -3.58. The fourth-order valence-corrected chi connectivity index (χ4v) is 5.55. The van der Waals surface area contributed by atoms with Crippen molar-refractivity contribution in [1.82, 2.24) is 19.9 Å². The first-order chi connectivity index (χ1) is 19.0. The van der Waals surface area contributed by atoms with E-state index in [2.05, 4.69) is 75.5 Å². The number of urea groups is 1. The minimum absolute atomic E-state index is 0.0164. The second-order valence-electron chi connectivity index (χ2n) is 11.3. The van der Waals surface area contributed by atoms with Crippen LogP contribution in [0.4, 0.5) is 4.79 Å². The molecule has 209 valence electrons. The van der Waals surface area contributed by atoms with Gasteiger partial charge in [0.2, 0.25) is 7.41 Å². The third-order valence-corrected chi connectivity index (χ3v) is 8.06. The predicted octanol–water partition coefficient (Wildman–Crippen LogP) is 4.97. The van der Waals surface area contributed by atoms with Crippen molar-refractivity contribution in [1.29, 1.82) is 0 Å². The highest BCUT2D eigenvalue weighted by Gasteiger charge is 2.32. The Bertz CT molecular complexity index is 1370. The molecule has 0 aromatic heterocycles. The molecule has 0 bridgehead atoms. The van der Waals surface area contributed by atoms with E-state index in [0.717, 1.165) is 22.2 Å². The monoisotopic (exact) mass is 537 g/mol. The van der Waals surface area contributed by atoms with Gasteiger partial charge in [-0.15, -0.1) is 0 Å². The minimum atomic E-state index is -0.110. The van der Waals surface area contributed by atoms with Crippen LogP contribution in [-0.2, 0) is 0 Å². The fraction of sp³-hybridized carbons (Fsp3) is 0.394. The van der Waals surface area contributed by atoms with Crippen molar-refractivity contribution in [2.75, 3.05) is 33.4 Å². The van der Waals surface area contributed by atoms with Crippen LogP contribution in [-0.4, -0.2) is 67.3 Å². The van der Waals surface area contributed by atoms with Gasteiger partial charge in [0.1, 0.15) is 0 Å². The van der Waals surface area contributed by atoms with Gasteiger partial charge in [0.25, 0.3) is 5.91 Å². The third kappa shape index (κ3) is 6.94. The van der Waals surface area contributed by atoms with Gasteiger partial charge in [-0.3, -0.25) is 4.79 Å². The van der Waals surface area contributed by atoms with E-state index in [1.165, 1.54) is 22.3 Å². The summed E-state index contributed by atoms with van der Waals surface area (Å²) in [5.41, 5.74) is 10.0. The van der Waals surface area contributed by atoms with E-state index in [0.29, 0.717) is 38.3 Å². The number of benzene rings is 3. The molecular weight excluding hydrogens is 495 g/mol. The first kappa shape index (κ1) is 29.4. The fourth-order valence-electron chi connectivity index (χ4n) is 5.55. The summed E-state index contributed by atoms with van der Waals surface area (Å²) in [6, 6.07) is 18.4. The molecular formula is C33H42BN4O2. The van der Waals surface area contributed by atoms with Gasteiger partial charge in [-0.1, -0.05) is 59.1 Å². The van der Waals surface area contributed by atoms with Crippen molar-refractivity contribution in [2.45, 2.75) is 54.0 Å². The van der Waals surface area contributed by atoms with Crippen molar-refractivity contribution >= 4 is 24.8 Å². The topological polar surface area (TPSA) is 55.9 Å². The summed E-state index contributed by atoms with van der Waals surface area (Å²) < 4.78 is 0. The molecule has 1 fully saturated rings. The minimum Gasteiger partial charge on any atom is -0.330 e. The van der Waals surface area contributed by atoms with Crippen molar-refractivity contribution in [3.8, 4) is 0 Å². The Morgan fingerprint density at radius 3 is 2.30 bits per heavy atom. The third-order valence-electron chi connectivity index (χ3n) is 8.06. The number of nitrogens with zero attached hydrogens (tertiary/aromatic N) is 3. The van der Waals surface area contributed by atoms with Gasteiger partial charge in [0.05, 0.1) is 12.7 Å². The normalized spacial score (nSPS) is 15.7. The zero-order chi connectivity index (χ0) is 29.0. The van der Waals surface area contributed by atoms with Crippen molar-refractivity contribution in [2.24, 2.45) is 0 Å². The molecule has 3 aromatic rings. The van der Waals surface area contributed by atoms with E-state index in [9.17, 15) is 9.59 Å². The zero-order valence-corrected chi connectivity index (χ0v) is 25.0. The molecule has 0 saturated carbocycles. The lowest BCUT2D eigenvalue weighted by Crippen LogP contribution is -2.47. The van der Waals surface area contributed by atoms with Crippen LogP contribution in [0, 0.1) is 41.5 Å². The van der Waals surface area contributed by atoms with E-state index in [1.807, 2.05) is 55.1 Å². The summed E-state index contributed by atoms with van der Waals surface area (Å²) in [5, 5.41) is 3.07. The van der Waals surface area contributed by atoms with Crippen LogP contribution in [0.3, 0.4) is 0 Å². The number of hydrogen-bond acceptors (Lipinski definition) is 3. The van der Waals surface area contributed by atoms with Gasteiger partial charge in [0, 0.05) is 25.2 Å². The molecule has 4 rings (SSSR count). The quantitative estimate of drug-likeness (QED) is 0.357. The summed E-state index contributed by atoms with van der Waals surface area (Å²) in [5.74, 6) is 0.0164. The first-order valence-corrected chi connectivity index (χ1v) is 14.1. The number of hydrogen-bond donors (Lipinski definition) is 1. The number of aryl methyl sites for hydroxylation is 5. The maximum absolute atomic E-state index is 13.9. The van der Waals surface area contributed by atoms with E-state index in [-0.39, 0.29) is 18.0 Å². The summed E-state index contributed by atoms with van der Waals surface area (Å²) in [6.07, 6.45) is 0.679. The van der Waals surface area contributed by atoms with Crippen LogP contribution in [0.2, 0.25) is 0 Å². The summed E-state index contributed by atoms with van der Waals surface area (Å²) in [4.78, 5) is 33.0. The average molecular weight is 538 g/mol. The molecule has 1 heterocycles. The highest BCUT2D eigenvalue weighted by molar-refractivity contribution is 6.50. The molecule has 1 N–H and O–H groups in total. The van der Waals surface area contributed by atoms with Crippen molar-refractivity contribution in [3.05, 3.63) is 99.1 Å².